The molecule has 3 fully saturated rings. The minimum absolute atomic E-state index is 0.0112. The standard InChI is InChI=1S/C18H25N5O2/c1-3-15-19-11(2)8-16(21-15)23-7-6-12-9-22(10-14(12)23)18(25)13-4-5-17(24)20-13/h8,12-14H,3-7,9-10H2,1-2H3,(H,20,24)/t12-,13-,14+/m1/s1. The van der Waals surface area contributed by atoms with Crippen molar-refractivity contribution in [2.45, 2.75) is 51.6 Å². The zero-order chi connectivity index (χ0) is 17.6. The van der Waals surface area contributed by atoms with Gasteiger partial charge in [-0.15, -0.1) is 0 Å². The van der Waals surface area contributed by atoms with Gasteiger partial charge in [-0.3, -0.25) is 9.59 Å². The summed E-state index contributed by atoms with van der Waals surface area (Å²) in [7, 11) is 0. The van der Waals surface area contributed by atoms with E-state index in [9.17, 15) is 9.59 Å². The van der Waals surface area contributed by atoms with E-state index in [0.717, 1.165) is 49.8 Å². The van der Waals surface area contributed by atoms with E-state index in [4.69, 9.17) is 4.98 Å². The second-order valence-electron chi connectivity index (χ2n) is 7.35. The fourth-order valence-electron chi connectivity index (χ4n) is 4.36. The summed E-state index contributed by atoms with van der Waals surface area (Å²) in [4.78, 5) is 37.5. The van der Waals surface area contributed by atoms with Gasteiger partial charge in [0.1, 0.15) is 17.7 Å². The number of aryl methyl sites for hydroxylation is 2. The Morgan fingerprint density at radius 1 is 1.32 bits per heavy atom. The molecular weight excluding hydrogens is 318 g/mol. The van der Waals surface area contributed by atoms with Crippen LogP contribution in [0.15, 0.2) is 6.07 Å². The third-order valence-electron chi connectivity index (χ3n) is 5.65. The van der Waals surface area contributed by atoms with Gasteiger partial charge in [0.25, 0.3) is 0 Å². The van der Waals surface area contributed by atoms with Crippen LogP contribution >= 0.6 is 0 Å². The van der Waals surface area contributed by atoms with Gasteiger partial charge in [-0.05, 0) is 19.8 Å². The summed E-state index contributed by atoms with van der Waals surface area (Å²) in [6.45, 7) is 6.57. The van der Waals surface area contributed by atoms with Gasteiger partial charge >= 0.3 is 0 Å². The van der Waals surface area contributed by atoms with Gasteiger partial charge in [0.2, 0.25) is 11.8 Å². The fourth-order valence-corrected chi connectivity index (χ4v) is 4.36. The van der Waals surface area contributed by atoms with Crippen molar-refractivity contribution in [2.75, 3.05) is 24.5 Å². The highest BCUT2D eigenvalue weighted by Gasteiger charge is 2.45. The summed E-state index contributed by atoms with van der Waals surface area (Å²) in [5.41, 5.74) is 0.991. The van der Waals surface area contributed by atoms with Crippen molar-refractivity contribution < 1.29 is 9.59 Å². The summed E-state index contributed by atoms with van der Waals surface area (Å²) < 4.78 is 0. The lowest BCUT2D eigenvalue weighted by Crippen LogP contribution is -2.45. The normalized spacial score (nSPS) is 28.4. The fraction of sp³-hybridized carbons (Fsp3) is 0.667. The van der Waals surface area contributed by atoms with Crippen molar-refractivity contribution >= 4 is 17.6 Å². The lowest BCUT2D eigenvalue weighted by molar-refractivity contribution is -0.133. The second kappa shape index (κ2) is 6.28. The zero-order valence-electron chi connectivity index (χ0n) is 14.9. The number of amides is 2. The first-order chi connectivity index (χ1) is 12.0. The molecule has 1 N–H and O–H groups in total. The maximum atomic E-state index is 12.7. The molecule has 3 aliphatic heterocycles. The van der Waals surface area contributed by atoms with Crippen molar-refractivity contribution in [3.63, 3.8) is 0 Å². The van der Waals surface area contributed by atoms with E-state index in [1.54, 1.807) is 0 Å². The lowest BCUT2D eigenvalue weighted by atomic mass is 10.1. The third-order valence-corrected chi connectivity index (χ3v) is 5.65. The van der Waals surface area contributed by atoms with Crippen LogP contribution in [0.3, 0.4) is 0 Å². The molecule has 134 valence electrons. The quantitative estimate of drug-likeness (QED) is 0.872. The van der Waals surface area contributed by atoms with Crippen LogP contribution in [0, 0.1) is 12.8 Å². The van der Waals surface area contributed by atoms with Crippen LogP contribution < -0.4 is 10.2 Å². The zero-order valence-corrected chi connectivity index (χ0v) is 14.9. The largest absolute Gasteiger partial charge is 0.351 e. The smallest absolute Gasteiger partial charge is 0.245 e. The summed E-state index contributed by atoms with van der Waals surface area (Å²) in [5.74, 6) is 2.41. The number of nitrogens with one attached hydrogen (secondary N) is 1. The molecule has 0 unspecified atom stereocenters. The van der Waals surface area contributed by atoms with E-state index in [-0.39, 0.29) is 17.9 Å². The van der Waals surface area contributed by atoms with Gasteiger partial charge in [-0.25, -0.2) is 9.97 Å². The molecule has 2 amide bonds. The van der Waals surface area contributed by atoms with E-state index in [1.807, 2.05) is 17.9 Å². The Kier molecular flexibility index (Phi) is 4.09. The number of hydrogen-bond acceptors (Lipinski definition) is 5. The van der Waals surface area contributed by atoms with Crippen molar-refractivity contribution in [1.82, 2.24) is 20.2 Å². The minimum atomic E-state index is -0.326. The monoisotopic (exact) mass is 343 g/mol. The lowest BCUT2D eigenvalue weighted by Gasteiger charge is -2.27. The number of rotatable bonds is 3. The molecule has 7 nitrogen and oxygen atoms in total. The van der Waals surface area contributed by atoms with E-state index in [0.29, 0.717) is 24.8 Å². The molecule has 0 aliphatic carbocycles. The summed E-state index contributed by atoms with van der Waals surface area (Å²) in [6, 6.07) is 2.04. The third kappa shape index (κ3) is 2.96. The Morgan fingerprint density at radius 3 is 2.88 bits per heavy atom. The molecule has 3 saturated heterocycles. The molecule has 0 aromatic carbocycles. The number of hydrogen-bond donors (Lipinski definition) is 1. The van der Waals surface area contributed by atoms with Gasteiger partial charge in [0.05, 0.1) is 6.04 Å². The molecule has 4 heterocycles. The summed E-state index contributed by atoms with van der Waals surface area (Å²) >= 11 is 0. The van der Waals surface area contributed by atoms with Crippen LogP contribution in [0.5, 0.6) is 0 Å². The maximum absolute atomic E-state index is 12.7. The second-order valence-corrected chi connectivity index (χ2v) is 7.35. The molecule has 0 bridgehead atoms. The first-order valence-corrected chi connectivity index (χ1v) is 9.24. The van der Waals surface area contributed by atoms with E-state index < -0.39 is 0 Å². The molecule has 1 aromatic heterocycles. The first-order valence-electron chi connectivity index (χ1n) is 9.24. The topological polar surface area (TPSA) is 78.4 Å². The van der Waals surface area contributed by atoms with Crippen molar-refractivity contribution in [2.24, 2.45) is 5.92 Å². The molecule has 0 radical (unpaired) electrons. The molecule has 0 spiro atoms. The first kappa shape index (κ1) is 16.3. The number of fused-ring (bicyclic) bond motifs is 1. The van der Waals surface area contributed by atoms with Crippen molar-refractivity contribution in [3.8, 4) is 0 Å². The molecule has 7 heteroatoms. The van der Waals surface area contributed by atoms with Crippen LogP contribution in [0.4, 0.5) is 5.82 Å². The predicted molar refractivity (Wildman–Crippen MR) is 93.1 cm³/mol. The van der Waals surface area contributed by atoms with E-state index in [1.165, 1.54) is 0 Å². The molecule has 1 aromatic rings. The Bertz CT molecular complexity index is 707. The van der Waals surface area contributed by atoms with E-state index in [2.05, 4.69) is 22.1 Å². The van der Waals surface area contributed by atoms with Gasteiger partial charge in [-0.1, -0.05) is 6.92 Å². The number of nitrogens with zero attached hydrogens (tertiary/aromatic N) is 4. The van der Waals surface area contributed by atoms with Gasteiger partial charge in [0, 0.05) is 50.2 Å². The number of likely N-dealkylation sites (tertiary alicyclic amines) is 1. The molecular formula is C18H25N5O2. The Labute approximate surface area is 147 Å². The van der Waals surface area contributed by atoms with Crippen LogP contribution in [-0.4, -0.2) is 58.4 Å². The van der Waals surface area contributed by atoms with E-state index >= 15 is 0 Å². The van der Waals surface area contributed by atoms with Crippen LogP contribution in [-0.2, 0) is 16.0 Å². The minimum Gasteiger partial charge on any atom is -0.351 e. The Balaban J connectivity index is 1.49. The highest BCUT2D eigenvalue weighted by atomic mass is 16.2. The summed E-state index contributed by atoms with van der Waals surface area (Å²) in [6.07, 6.45) is 2.99. The molecule has 0 saturated carbocycles. The Morgan fingerprint density at radius 2 is 2.16 bits per heavy atom. The average Bonchev–Trinajstić information content (AvgIpc) is 3.28. The van der Waals surface area contributed by atoms with Crippen molar-refractivity contribution in [3.05, 3.63) is 17.6 Å². The number of carbonyl (C=O) groups excluding carboxylic acids is 2. The highest BCUT2D eigenvalue weighted by molar-refractivity contribution is 5.91. The summed E-state index contributed by atoms with van der Waals surface area (Å²) in [5, 5.41) is 2.80. The SMILES string of the molecule is CCc1nc(C)cc(N2CC[C@@H]3CN(C(=O)[C@H]4CCC(=O)N4)C[C@@H]32)n1. The van der Waals surface area contributed by atoms with Crippen LogP contribution in [0.25, 0.3) is 0 Å². The molecule has 4 rings (SSSR count). The number of aromatic nitrogens is 2. The highest BCUT2D eigenvalue weighted by Crippen LogP contribution is 2.35. The van der Waals surface area contributed by atoms with Crippen LogP contribution in [0.2, 0.25) is 0 Å². The maximum Gasteiger partial charge on any atom is 0.245 e. The predicted octanol–water partition coefficient (Wildman–Crippen LogP) is 0.663. The molecule has 25 heavy (non-hydrogen) atoms. The number of anilines is 1. The van der Waals surface area contributed by atoms with Crippen molar-refractivity contribution in [1.29, 1.82) is 0 Å². The molecule has 3 aliphatic rings. The Hall–Kier alpha value is -2.18. The number of carbonyl (C=O) groups is 2. The van der Waals surface area contributed by atoms with Gasteiger partial charge in [0.15, 0.2) is 0 Å². The molecule has 3 atom stereocenters. The average molecular weight is 343 g/mol. The van der Waals surface area contributed by atoms with Gasteiger partial charge < -0.3 is 15.1 Å². The van der Waals surface area contributed by atoms with Gasteiger partial charge in [-0.2, -0.15) is 0 Å². The van der Waals surface area contributed by atoms with Crippen LogP contribution in [0.1, 0.15) is 37.7 Å².